The maximum atomic E-state index is 11.9. The zero-order chi connectivity index (χ0) is 22.3. The van der Waals surface area contributed by atoms with E-state index in [0.29, 0.717) is 63.3 Å². The van der Waals surface area contributed by atoms with Gasteiger partial charge in [0.25, 0.3) is 0 Å². The number of carbonyl (C=O) groups excluding carboxylic acids is 1. The molecule has 0 aromatic rings. The third-order valence-electron chi connectivity index (χ3n) is 5.25. The fraction of sp³-hybridized carbons (Fsp3) is 0.950. The number of methoxy groups -OCH3 is 1. The monoisotopic (exact) mass is 465 g/mol. The maximum Gasteiger partial charge on any atom is 0.219 e. The molecule has 5 unspecified atom stereocenters. The molecule has 0 aliphatic carbocycles. The molecule has 0 saturated carbocycles. The number of carbonyl (C=O) groups is 1. The lowest BCUT2D eigenvalue weighted by atomic mass is 10.0. The number of thioether (sulfide) groups is 1. The average Bonchev–Trinajstić information content (AvgIpc) is 3.31. The van der Waals surface area contributed by atoms with Crippen LogP contribution in [0.5, 0.6) is 0 Å². The average molecular weight is 466 g/mol. The Hall–Kier alpha value is -0.500. The van der Waals surface area contributed by atoms with Crippen LogP contribution in [0.1, 0.15) is 32.1 Å². The normalized spacial score (nSPS) is 26.2. The fourth-order valence-corrected chi connectivity index (χ4v) is 5.15. The van der Waals surface area contributed by atoms with E-state index >= 15 is 0 Å². The lowest BCUT2D eigenvalue weighted by Crippen LogP contribution is -2.38. The van der Waals surface area contributed by atoms with E-state index in [1.54, 1.807) is 0 Å². The number of rotatable bonds is 18. The first-order valence-corrected chi connectivity index (χ1v) is 12.2. The zero-order valence-corrected chi connectivity index (χ0v) is 19.2. The minimum Gasteiger partial charge on any atom is -0.379 e. The molecule has 1 amide bonds. The van der Waals surface area contributed by atoms with Crippen LogP contribution < -0.4 is 16.0 Å². The number of aliphatic hydroxyl groups is 2. The number of aliphatic hydroxyl groups excluding tert-OH is 2. The Bertz CT molecular complexity index is 492. The molecule has 11 heteroatoms. The van der Waals surface area contributed by atoms with Gasteiger partial charge in [-0.25, -0.2) is 0 Å². The molecule has 0 bridgehead atoms. The van der Waals surface area contributed by atoms with Crippen molar-refractivity contribution in [1.29, 1.82) is 0 Å². The van der Waals surface area contributed by atoms with Crippen LogP contribution in [0.2, 0.25) is 0 Å². The molecule has 10 nitrogen and oxygen atoms in total. The van der Waals surface area contributed by atoms with Crippen molar-refractivity contribution in [1.82, 2.24) is 16.0 Å². The lowest BCUT2D eigenvalue weighted by molar-refractivity contribution is -0.123. The van der Waals surface area contributed by atoms with E-state index in [1.165, 1.54) is 7.11 Å². The van der Waals surface area contributed by atoms with Gasteiger partial charge in [0, 0.05) is 49.8 Å². The molecule has 2 saturated heterocycles. The molecule has 0 aromatic heterocycles. The van der Waals surface area contributed by atoms with E-state index in [4.69, 9.17) is 19.3 Å². The third kappa shape index (κ3) is 11.3. The summed E-state index contributed by atoms with van der Waals surface area (Å²) in [4.78, 5) is 11.9. The highest BCUT2D eigenvalue weighted by molar-refractivity contribution is 8.00. The first-order valence-electron chi connectivity index (χ1n) is 11.1. The van der Waals surface area contributed by atoms with Gasteiger partial charge in [-0.2, -0.15) is 11.8 Å². The van der Waals surface area contributed by atoms with E-state index in [9.17, 15) is 9.90 Å². The van der Waals surface area contributed by atoms with E-state index in [2.05, 4.69) is 20.7 Å². The van der Waals surface area contributed by atoms with Crippen LogP contribution in [-0.4, -0.2) is 105 Å². The van der Waals surface area contributed by atoms with Crippen molar-refractivity contribution in [2.24, 2.45) is 0 Å². The van der Waals surface area contributed by atoms with Gasteiger partial charge in [-0.15, -0.1) is 0 Å². The molecule has 2 heterocycles. The summed E-state index contributed by atoms with van der Waals surface area (Å²) in [5.41, 5.74) is 0. The Balaban J connectivity index is 1.31. The van der Waals surface area contributed by atoms with Gasteiger partial charge in [-0.1, -0.05) is 6.42 Å². The minimum atomic E-state index is -0.897. The van der Waals surface area contributed by atoms with Crippen LogP contribution in [0.15, 0.2) is 0 Å². The van der Waals surface area contributed by atoms with Crippen molar-refractivity contribution < 1.29 is 34.0 Å². The molecule has 0 aromatic carbocycles. The Labute approximate surface area is 189 Å². The van der Waals surface area contributed by atoms with E-state index in [-0.39, 0.29) is 12.5 Å². The Kier molecular flexibility index (Phi) is 13.9. The van der Waals surface area contributed by atoms with Crippen molar-refractivity contribution in [3.63, 3.8) is 0 Å². The molecule has 2 aliphatic heterocycles. The zero-order valence-electron chi connectivity index (χ0n) is 18.4. The van der Waals surface area contributed by atoms with Gasteiger partial charge in [0.1, 0.15) is 0 Å². The van der Waals surface area contributed by atoms with Crippen LogP contribution in [0.3, 0.4) is 0 Å². The molecule has 0 spiro atoms. The van der Waals surface area contributed by atoms with Crippen molar-refractivity contribution in [3.05, 3.63) is 0 Å². The van der Waals surface area contributed by atoms with Crippen LogP contribution in [0, 0.1) is 0 Å². The van der Waals surface area contributed by atoms with Crippen LogP contribution >= 0.6 is 11.8 Å². The largest absolute Gasteiger partial charge is 0.379 e. The number of fused-ring (bicyclic) bond motifs is 1. The second-order valence-corrected chi connectivity index (χ2v) is 8.95. The number of amides is 1. The summed E-state index contributed by atoms with van der Waals surface area (Å²) in [5.74, 6) is 1.12. The summed E-state index contributed by atoms with van der Waals surface area (Å²) >= 11 is 1.95. The number of unbranched alkanes of at least 4 members (excludes halogenated alkanes) is 1. The molecular weight excluding hydrogens is 426 g/mol. The minimum absolute atomic E-state index is 0.0926. The summed E-state index contributed by atoms with van der Waals surface area (Å²) in [6.07, 6.45) is 2.82. The molecule has 182 valence electrons. The highest BCUT2D eigenvalue weighted by Crippen LogP contribution is 2.33. The molecule has 31 heavy (non-hydrogen) atoms. The second-order valence-electron chi connectivity index (χ2n) is 7.68. The van der Waals surface area contributed by atoms with Gasteiger partial charge in [0.2, 0.25) is 5.91 Å². The molecule has 5 atom stereocenters. The molecule has 0 radical (unpaired) electrons. The van der Waals surface area contributed by atoms with E-state index < -0.39 is 12.6 Å². The summed E-state index contributed by atoms with van der Waals surface area (Å²) in [6, 6.07) is 0.694. The lowest BCUT2D eigenvalue weighted by Gasteiger charge is -2.17. The summed E-state index contributed by atoms with van der Waals surface area (Å²) in [7, 11) is 1.41. The molecular formula is C20H39N3O7S. The number of nitrogens with one attached hydrogen (secondary N) is 3. The van der Waals surface area contributed by atoms with E-state index in [0.717, 1.165) is 31.4 Å². The van der Waals surface area contributed by atoms with Gasteiger partial charge in [0.05, 0.1) is 33.0 Å². The first kappa shape index (κ1) is 26.7. The highest BCUT2D eigenvalue weighted by atomic mass is 32.2. The fourth-order valence-electron chi connectivity index (χ4n) is 3.58. The summed E-state index contributed by atoms with van der Waals surface area (Å²) in [6.45, 7) is 3.13. The highest BCUT2D eigenvalue weighted by Gasteiger charge is 2.42. The summed E-state index contributed by atoms with van der Waals surface area (Å²) in [5, 5.41) is 28.5. The van der Waals surface area contributed by atoms with Gasteiger partial charge in [-0.3, -0.25) is 15.4 Å². The molecule has 5 N–H and O–H groups in total. The summed E-state index contributed by atoms with van der Waals surface area (Å²) < 4.78 is 20.6. The maximum absolute atomic E-state index is 11.9. The van der Waals surface area contributed by atoms with Crippen molar-refractivity contribution >= 4 is 17.7 Å². The molecule has 2 rings (SSSR count). The van der Waals surface area contributed by atoms with Crippen molar-refractivity contribution in [3.8, 4) is 0 Å². The van der Waals surface area contributed by atoms with Crippen LogP contribution in [0.25, 0.3) is 0 Å². The topological polar surface area (TPSA) is 131 Å². The smallest absolute Gasteiger partial charge is 0.219 e. The number of hydrogen-bond acceptors (Lipinski definition) is 10. The SMILES string of the molecule is COC(O)COCCOCCOCCCNC(=O)CCCCC1SCC2NC(O)NC21. The predicted octanol–water partition coefficient (Wildman–Crippen LogP) is -0.611. The van der Waals surface area contributed by atoms with E-state index in [1.807, 2.05) is 11.8 Å². The van der Waals surface area contributed by atoms with Crippen molar-refractivity contribution in [2.75, 3.05) is 59.0 Å². The number of hydrogen-bond donors (Lipinski definition) is 5. The molecule has 2 fully saturated rings. The Morgan fingerprint density at radius 2 is 1.84 bits per heavy atom. The van der Waals surface area contributed by atoms with Crippen LogP contribution in [-0.2, 0) is 23.7 Å². The predicted molar refractivity (Wildman–Crippen MR) is 118 cm³/mol. The number of ether oxygens (including phenoxy) is 4. The van der Waals surface area contributed by atoms with Gasteiger partial charge in [-0.05, 0) is 19.3 Å². The standard InChI is InChI=1S/C20H39N3O7S/c1-27-18(25)13-30-12-11-29-10-9-28-8-4-7-21-17(24)6-3-2-5-16-19-15(14-31-16)22-20(26)23-19/h15-16,18-20,22-23,25-26H,2-14H2,1H3,(H,21,24). The van der Waals surface area contributed by atoms with Gasteiger partial charge in [0.15, 0.2) is 12.6 Å². The quantitative estimate of drug-likeness (QED) is 0.132. The van der Waals surface area contributed by atoms with Crippen LogP contribution in [0.4, 0.5) is 0 Å². The Morgan fingerprint density at radius 1 is 1.10 bits per heavy atom. The second kappa shape index (κ2) is 16.2. The Morgan fingerprint density at radius 3 is 2.61 bits per heavy atom. The third-order valence-corrected chi connectivity index (χ3v) is 6.76. The van der Waals surface area contributed by atoms with Gasteiger partial charge < -0.3 is 34.5 Å². The van der Waals surface area contributed by atoms with Crippen molar-refractivity contribution in [2.45, 2.75) is 62.1 Å². The molecule has 2 aliphatic rings. The first-order chi connectivity index (χ1) is 15.1. The van der Waals surface area contributed by atoms with Gasteiger partial charge >= 0.3 is 0 Å².